The van der Waals surface area contributed by atoms with Gasteiger partial charge in [0.05, 0.1) is 15.9 Å². The summed E-state index contributed by atoms with van der Waals surface area (Å²) in [7, 11) is 0. The van der Waals surface area contributed by atoms with Crippen molar-refractivity contribution in [3.63, 3.8) is 0 Å². The third-order valence-electron chi connectivity index (χ3n) is 3.37. The van der Waals surface area contributed by atoms with Crippen molar-refractivity contribution in [2.24, 2.45) is 0 Å². The third kappa shape index (κ3) is 4.47. The molecule has 2 rings (SSSR count). The van der Waals surface area contributed by atoms with Crippen LogP contribution in [0.15, 0.2) is 42.5 Å². The standard InChI is InChI=1S/C15H12FN3O6/c16-10-3-1-9(2-4-10)7-13(15(20)21)17-12-6-5-11(18(22)23)8-14(12)19(24)25/h1-6,8,13,17H,7H2,(H,20,21). The van der Waals surface area contributed by atoms with E-state index in [1.54, 1.807) is 0 Å². The second kappa shape index (κ2) is 7.34. The first-order chi connectivity index (χ1) is 11.8. The minimum absolute atomic E-state index is 0.0657. The number of nitrogens with zero attached hydrogens (tertiary/aromatic N) is 2. The second-order valence-corrected chi connectivity index (χ2v) is 5.08. The van der Waals surface area contributed by atoms with Gasteiger partial charge in [-0.1, -0.05) is 12.1 Å². The average molecular weight is 349 g/mol. The molecule has 0 spiro atoms. The van der Waals surface area contributed by atoms with Gasteiger partial charge in [-0.3, -0.25) is 20.2 Å². The first kappa shape index (κ1) is 17.8. The van der Waals surface area contributed by atoms with E-state index in [2.05, 4.69) is 5.32 Å². The van der Waals surface area contributed by atoms with Gasteiger partial charge in [0, 0.05) is 12.5 Å². The molecule has 2 aromatic rings. The highest BCUT2D eigenvalue weighted by atomic mass is 19.1. The maximum absolute atomic E-state index is 12.9. The van der Waals surface area contributed by atoms with E-state index in [1.165, 1.54) is 24.3 Å². The van der Waals surface area contributed by atoms with Crippen LogP contribution in [0.5, 0.6) is 0 Å². The molecule has 25 heavy (non-hydrogen) atoms. The lowest BCUT2D eigenvalue weighted by molar-refractivity contribution is -0.393. The summed E-state index contributed by atoms with van der Waals surface area (Å²) < 4.78 is 12.9. The molecule has 0 heterocycles. The number of benzene rings is 2. The Morgan fingerprint density at radius 1 is 1.12 bits per heavy atom. The van der Waals surface area contributed by atoms with Crippen LogP contribution in [0.1, 0.15) is 5.56 Å². The van der Waals surface area contributed by atoms with E-state index in [1.807, 2.05) is 0 Å². The molecular formula is C15H12FN3O6. The molecule has 9 nitrogen and oxygen atoms in total. The zero-order chi connectivity index (χ0) is 18.6. The summed E-state index contributed by atoms with van der Waals surface area (Å²) in [4.78, 5) is 31.6. The van der Waals surface area contributed by atoms with Crippen molar-refractivity contribution in [3.05, 3.63) is 74.1 Å². The van der Waals surface area contributed by atoms with E-state index in [0.717, 1.165) is 18.2 Å². The van der Waals surface area contributed by atoms with Crippen molar-refractivity contribution in [1.82, 2.24) is 0 Å². The Labute approximate surface area is 140 Å². The molecule has 0 amide bonds. The van der Waals surface area contributed by atoms with Crippen LogP contribution < -0.4 is 5.32 Å². The number of hydrogen-bond donors (Lipinski definition) is 2. The highest BCUT2D eigenvalue weighted by Crippen LogP contribution is 2.29. The molecule has 0 aliphatic carbocycles. The average Bonchev–Trinajstić information content (AvgIpc) is 2.55. The van der Waals surface area contributed by atoms with Crippen LogP contribution in [0, 0.1) is 26.0 Å². The molecule has 10 heteroatoms. The molecule has 0 aliphatic heterocycles. The Kier molecular flexibility index (Phi) is 5.22. The fraction of sp³-hybridized carbons (Fsp3) is 0.133. The number of rotatable bonds is 7. The van der Waals surface area contributed by atoms with Crippen LogP contribution in [0.4, 0.5) is 21.5 Å². The Balaban J connectivity index is 2.29. The minimum atomic E-state index is -1.28. The highest BCUT2D eigenvalue weighted by Gasteiger charge is 2.24. The van der Waals surface area contributed by atoms with Crippen LogP contribution in [0.25, 0.3) is 0 Å². The molecule has 2 N–H and O–H groups in total. The van der Waals surface area contributed by atoms with Crippen molar-refractivity contribution >= 4 is 23.0 Å². The maximum Gasteiger partial charge on any atom is 0.326 e. The quantitative estimate of drug-likeness (QED) is 0.579. The van der Waals surface area contributed by atoms with Gasteiger partial charge in [-0.2, -0.15) is 0 Å². The number of non-ortho nitro benzene ring substituents is 1. The topological polar surface area (TPSA) is 136 Å². The van der Waals surface area contributed by atoms with Crippen LogP contribution in [-0.4, -0.2) is 27.0 Å². The number of nitro benzene ring substituents is 2. The molecule has 2 aromatic carbocycles. The molecule has 1 atom stereocenters. The first-order valence-corrected chi connectivity index (χ1v) is 6.94. The molecule has 0 bridgehead atoms. The summed E-state index contributed by atoms with van der Waals surface area (Å²) in [6.07, 6.45) is -0.0657. The Morgan fingerprint density at radius 2 is 1.76 bits per heavy atom. The number of carboxylic acids is 1. The zero-order valence-corrected chi connectivity index (χ0v) is 12.6. The lowest BCUT2D eigenvalue weighted by Crippen LogP contribution is -2.31. The molecule has 0 aliphatic rings. The number of carbonyl (C=O) groups is 1. The van der Waals surface area contributed by atoms with Crippen molar-refractivity contribution in [1.29, 1.82) is 0 Å². The molecule has 1 unspecified atom stereocenters. The fourth-order valence-electron chi connectivity index (χ4n) is 2.15. The van der Waals surface area contributed by atoms with Gasteiger partial charge < -0.3 is 10.4 Å². The summed E-state index contributed by atoms with van der Waals surface area (Å²) in [5.41, 5.74) is -0.752. The van der Waals surface area contributed by atoms with Crippen LogP contribution in [0.2, 0.25) is 0 Å². The molecule has 0 fully saturated rings. The first-order valence-electron chi connectivity index (χ1n) is 6.94. The van der Waals surface area contributed by atoms with E-state index >= 15 is 0 Å². The van der Waals surface area contributed by atoms with Gasteiger partial charge in [-0.15, -0.1) is 0 Å². The summed E-state index contributed by atoms with van der Waals surface area (Å²) in [5, 5.41) is 33.6. The number of aliphatic carboxylic acids is 1. The smallest absolute Gasteiger partial charge is 0.326 e. The molecule has 0 aromatic heterocycles. The molecule has 0 saturated heterocycles. The summed E-state index contributed by atoms with van der Waals surface area (Å²) >= 11 is 0. The zero-order valence-electron chi connectivity index (χ0n) is 12.6. The highest BCUT2D eigenvalue weighted by molar-refractivity contribution is 5.79. The van der Waals surface area contributed by atoms with Gasteiger partial charge >= 0.3 is 5.97 Å². The van der Waals surface area contributed by atoms with E-state index in [4.69, 9.17) is 0 Å². The van der Waals surface area contributed by atoms with Crippen molar-refractivity contribution in [3.8, 4) is 0 Å². The summed E-state index contributed by atoms with van der Waals surface area (Å²) in [5.74, 6) is -1.76. The lowest BCUT2D eigenvalue weighted by atomic mass is 10.1. The van der Waals surface area contributed by atoms with E-state index in [-0.39, 0.29) is 12.1 Å². The Hall–Kier alpha value is -3.56. The molecular weight excluding hydrogens is 337 g/mol. The van der Waals surface area contributed by atoms with E-state index < -0.39 is 39.0 Å². The van der Waals surface area contributed by atoms with E-state index in [9.17, 15) is 34.5 Å². The van der Waals surface area contributed by atoms with Crippen molar-refractivity contribution < 1.29 is 24.1 Å². The summed E-state index contributed by atoms with van der Waals surface area (Å²) in [6, 6.07) is 6.76. The van der Waals surface area contributed by atoms with Crippen LogP contribution in [0.3, 0.4) is 0 Å². The van der Waals surface area contributed by atoms with Gasteiger partial charge in [-0.05, 0) is 23.8 Å². The summed E-state index contributed by atoms with van der Waals surface area (Å²) in [6.45, 7) is 0. The van der Waals surface area contributed by atoms with Gasteiger partial charge in [0.15, 0.2) is 0 Å². The van der Waals surface area contributed by atoms with Gasteiger partial charge in [0.1, 0.15) is 17.5 Å². The van der Waals surface area contributed by atoms with E-state index in [0.29, 0.717) is 5.56 Å². The monoisotopic (exact) mass is 349 g/mol. The minimum Gasteiger partial charge on any atom is -0.480 e. The predicted octanol–water partition coefficient (Wildman–Crippen LogP) is 2.75. The number of halogens is 1. The van der Waals surface area contributed by atoms with Gasteiger partial charge in [-0.25, -0.2) is 9.18 Å². The SMILES string of the molecule is O=C(O)C(Cc1ccc(F)cc1)Nc1ccc([N+](=O)[O-])cc1[N+](=O)[O-]. The van der Waals surface area contributed by atoms with Gasteiger partial charge in [0.25, 0.3) is 11.4 Å². The van der Waals surface area contributed by atoms with Gasteiger partial charge in [0.2, 0.25) is 0 Å². The molecule has 130 valence electrons. The largest absolute Gasteiger partial charge is 0.480 e. The predicted molar refractivity (Wildman–Crippen MR) is 84.9 cm³/mol. The normalized spacial score (nSPS) is 11.6. The number of carboxylic acid groups (broad SMARTS) is 1. The Bertz CT molecular complexity index is 825. The number of anilines is 1. The maximum atomic E-state index is 12.9. The second-order valence-electron chi connectivity index (χ2n) is 5.08. The lowest BCUT2D eigenvalue weighted by Gasteiger charge is -2.16. The number of nitrogens with one attached hydrogen (secondary N) is 1. The molecule has 0 saturated carbocycles. The molecule has 0 radical (unpaired) electrons. The van der Waals surface area contributed by atoms with Crippen molar-refractivity contribution in [2.45, 2.75) is 12.5 Å². The Morgan fingerprint density at radius 3 is 2.28 bits per heavy atom. The van der Waals surface area contributed by atoms with Crippen LogP contribution >= 0.6 is 0 Å². The number of hydrogen-bond acceptors (Lipinski definition) is 6. The number of nitro groups is 2. The third-order valence-corrected chi connectivity index (χ3v) is 3.37. The fourth-order valence-corrected chi connectivity index (χ4v) is 2.15. The van der Waals surface area contributed by atoms with Crippen LogP contribution in [-0.2, 0) is 11.2 Å². The van der Waals surface area contributed by atoms with Crippen molar-refractivity contribution in [2.75, 3.05) is 5.32 Å².